The van der Waals surface area contributed by atoms with Crippen molar-refractivity contribution < 1.29 is 14.7 Å². The Morgan fingerprint density at radius 1 is 1.40 bits per heavy atom. The van der Waals surface area contributed by atoms with E-state index in [4.69, 9.17) is 16.7 Å². The minimum atomic E-state index is -1.08. The molecule has 6 nitrogen and oxygen atoms in total. The van der Waals surface area contributed by atoms with Crippen molar-refractivity contribution in [2.75, 3.05) is 26.0 Å². The number of carbonyl (C=O) groups is 2. The Labute approximate surface area is 122 Å². The highest BCUT2D eigenvalue weighted by molar-refractivity contribution is 6.33. The molecule has 1 aromatic rings. The molecule has 1 unspecified atom stereocenters. The van der Waals surface area contributed by atoms with Crippen LogP contribution in [0.1, 0.15) is 17.3 Å². The number of hydrogen-bond donors (Lipinski definition) is 3. The Balaban J connectivity index is 2.66. The van der Waals surface area contributed by atoms with E-state index in [0.717, 1.165) is 0 Å². The van der Waals surface area contributed by atoms with E-state index in [0.29, 0.717) is 6.54 Å². The van der Waals surface area contributed by atoms with E-state index < -0.39 is 12.0 Å². The number of aromatic carboxylic acids is 1. The lowest BCUT2D eigenvalue weighted by Gasteiger charge is -2.20. The number of amides is 2. The van der Waals surface area contributed by atoms with Gasteiger partial charge in [0.2, 0.25) is 0 Å². The number of nitrogens with one attached hydrogen (secondary N) is 2. The van der Waals surface area contributed by atoms with E-state index in [1.807, 2.05) is 25.9 Å². The molecule has 0 radical (unpaired) electrons. The molecule has 20 heavy (non-hydrogen) atoms. The summed E-state index contributed by atoms with van der Waals surface area (Å²) in [6.45, 7) is 2.44. The van der Waals surface area contributed by atoms with Crippen LogP contribution in [0.25, 0.3) is 0 Å². The lowest BCUT2D eigenvalue weighted by atomic mass is 10.2. The summed E-state index contributed by atoms with van der Waals surface area (Å²) < 4.78 is 0. The monoisotopic (exact) mass is 299 g/mol. The lowest BCUT2D eigenvalue weighted by Crippen LogP contribution is -2.40. The maximum Gasteiger partial charge on any atom is 0.335 e. The number of nitrogens with zero attached hydrogens (tertiary/aromatic N) is 1. The van der Waals surface area contributed by atoms with Gasteiger partial charge in [0.05, 0.1) is 16.3 Å². The summed E-state index contributed by atoms with van der Waals surface area (Å²) in [5.74, 6) is -1.08. The summed E-state index contributed by atoms with van der Waals surface area (Å²) in [6.07, 6.45) is 0. The predicted octanol–water partition coefficient (Wildman–Crippen LogP) is 2.11. The van der Waals surface area contributed by atoms with Gasteiger partial charge in [0, 0.05) is 12.6 Å². The Bertz CT molecular complexity index is 506. The molecule has 0 spiro atoms. The third-order valence-electron chi connectivity index (χ3n) is 2.90. The normalized spacial score (nSPS) is 12.1. The molecule has 0 heterocycles. The fourth-order valence-electron chi connectivity index (χ4n) is 1.34. The number of rotatable bonds is 5. The third kappa shape index (κ3) is 4.71. The second kappa shape index (κ2) is 7.12. The fraction of sp³-hybridized carbons (Fsp3) is 0.385. The zero-order chi connectivity index (χ0) is 15.3. The molecular weight excluding hydrogens is 282 g/mol. The second-order valence-electron chi connectivity index (χ2n) is 4.65. The van der Waals surface area contributed by atoms with Crippen LogP contribution in [0.15, 0.2) is 18.2 Å². The minimum Gasteiger partial charge on any atom is -0.478 e. The van der Waals surface area contributed by atoms with Crippen molar-refractivity contribution in [3.63, 3.8) is 0 Å². The molecule has 110 valence electrons. The molecule has 1 atom stereocenters. The summed E-state index contributed by atoms with van der Waals surface area (Å²) in [5, 5.41) is 14.4. The number of halogens is 1. The quantitative estimate of drug-likeness (QED) is 0.778. The van der Waals surface area contributed by atoms with Crippen molar-refractivity contribution in [3.8, 4) is 0 Å². The van der Waals surface area contributed by atoms with Gasteiger partial charge in [-0.25, -0.2) is 9.59 Å². The maximum atomic E-state index is 11.7. The van der Waals surface area contributed by atoms with Crippen LogP contribution >= 0.6 is 11.6 Å². The SMILES string of the molecule is CC(CNC(=O)Nc1cc(C(=O)O)ccc1Cl)N(C)C. The van der Waals surface area contributed by atoms with Crippen LogP contribution in [-0.2, 0) is 0 Å². The van der Waals surface area contributed by atoms with Gasteiger partial charge in [-0.2, -0.15) is 0 Å². The first kappa shape index (κ1) is 16.3. The van der Waals surface area contributed by atoms with Crippen LogP contribution in [0.5, 0.6) is 0 Å². The molecule has 0 bridgehead atoms. The minimum absolute atomic E-state index is 0.0614. The van der Waals surface area contributed by atoms with Crippen LogP contribution < -0.4 is 10.6 Å². The Kier molecular flexibility index (Phi) is 5.79. The summed E-state index contributed by atoms with van der Waals surface area (Å²) in [5.41, 5.74) is 0.327. The molecule has 0 aliphatic rings. The average Bonchev–Trinajstić information content (AvgIpc) is 2.38. The number of urea groups is 1. The zero-order valence-corrected chi connectivity index (χ0v) is 12.4. The van der Waals surface area contributed by atoms with Crippen LogP contribution in [0.2, 0.25) is 5.02 Å². The van der Waals surface area contributed by atoms with Crippen molar-refractivity contribution in [1.82, 2.24) is 10.2 Å². The van der Waals surface area contributed by atoms with E-state index >= 15 is 0 Å². The molecular formula is C13H18ClN3O3. The Hall–Kier alpha value is -1.79. The summed E-state index contributed by atoms with van der Waals surface area (Å²) in [4.78, 5) is 24.6. The van der Waals surface area contributed by atoms with Crippen LogP contribution in [-0.4, -0.2) is 48.7 Å². The van der Waals surface area contributed by atoms with Gasteiger partial charge in [-0.1, -0.05) is 11.6 Å². The summed E-state index contributed by atoms with van der Waals surface area (Å²) in [6, 6.07) is 3.88. The molecule has 0 saturated heterocycles. The molecule has 0 aromatic heterocycles. The van der Waals surface area contributed by atoms with Crippen LogP contribution in [0, 0.1) is 0 Å². The van der Waals surface area contributed by atoms with Gasteiger partial charge in [0.15, 0.2) is 0 Å². The first-order valence-electron chi connectivity index (χ1n) is 6.05. The molecule has 0 aliphatic heterocycles. The van der Waals surface area contributed by atoms with Gasteiger partial charge in [-0.15, -0.1) is 0 Å². The Morgan fingerprint density at radius 3 is 2.60 bits per heavy atom. The van der Waals surface area contributed by atoms with Crippen molar-refractivity contribution in [2.24, 2.45) is 0 Å². The maximum absolute atomic E-state index is 11.7. The number of hydrogen-bond acceptors (Lipinski definition) is 3. The van der Waals surface area contributed by atoms with Crippen molar-refractivity contribution >= 4 is 29.3 Å². The molecule has 1 rings (SSSR count). The molecule has 1 aromatic carbocycles. The highest BCUT2D eigenvalue weighted by atomic mass is 35.5. The Morgan fingerprint density at radius 2 is 2.05 bits per heavy atom. The molecule has 0 aliphatic carbocycles. The topological polar surface area (TPSA) is 81.7 Å². The fourth-order valence-corrected chi connectivity index (χ4v) is 1.51. The second-order valence-corrected chi connectivity index (χ2v) is 5.05. The van der Waals surface area contributed by atoms with E-state index in [-0.39, 0.29) is 22.3 Å². The highest BCUT2D eigenvalue weighted by Crippen LogP contribution is 2.22. The number of carboxylic acids is 1. The number of carbonyl (C=O) groups excluding carboxylic acids is 1. The molecule has 2 amide bonds. The highest BCUT2D eigenvalue weighted by Gasteiger charge is 2.11. The largest absolute Gasteiger partial charge is 0.478 e. The molecule has 7 heteroatoms. The number of anilines is 1. The third-order valence-corrected chi connectivity index (χ3v) is 3.23. The van der Waals surface area contributed by atoms with Crippen molar-refractivity contribution in [1.29, 1.82) is 0 Å². The number of carboxylic acid groups (broad SMARTS) is 1. The van der Waals surface area contributed by atoms with Gasteiger partial charge >= 0.3 is 12.0 Å². The van der Waals surface area contributed by atoms with Crippen molar-refractivity contribution in [3.05, 3.63) is 28.8 Å². The average molecular weight is 300 g/mol. The first-order valence-corrected chi connectivity index (χ1v) is 6.43. The van der Waals surface area contributed by atoms with Crippen LogP contribution in [0.4, 0.5) is 10.5 Å². The predicted molar refractivity (Wildman–Crippen MR) is 78.6 cm³/mol. The van der Waals surface area contributed by atoms with Crippen LogP contribution in [0.3, 0.4) is 0 Å². The summed E-state index contributed by atoms with van der Waals surface area (Å²) in [7, 11) is 3.83. The van der Waals surface area contributed by atoms with Gasteiger partial charge < -0.3 is 20.6 Å². The van der Waals surface area contributed by atoms with E-state index in [1.54, 1.807) is 0 Å². The molecule has 0 fully saturated rings. The van der Waals surface area contributed by atoms with Crippen molar-refractivity contribution in [2.45, 2.75) is 13.0 Å². The number of benzene rings is 1. The zero-order valence-electron chi connectivity index (χ0n) is 11.6. The van der Waals surface area contributed by atoms with Gasteiger partial charge in [-0.3, -0.25) is 0 Å². The lowest BCUT2D eigenvalue weighted by molar-refractivity contribution is 0.0697. The first-order chi connectivity index (χ1) is 9.31. The van der Waals surface area contributed by atoms with E-state index in [9.17, 15) is 9.59 Å². The van der Waals surface area contributed by atoms with Gasteiger partial charge in [0.25, 0.3) is 0 Å². The van der Waals surface area contributed by atoms with Gasteiger partial charge in [-0.05, 0) is 39.2 Å². The van der Waals surface area contributed by atoms with E-state index in [2.05, 4.69) is 10.6 Å². The summed E-state index contributed by atoms with van der Waals surface area (Å²) >= 11 is 5.91. The molecule has 3 N–H and O–H groups in total. The van der Waals surface area contributed by atoms with Gasteiger partial charge in [0.1, 0.15) is 0 Å². The number of likely N-dealkylation sites (N-methyl/N-ethyl adjacent to an activating group) is 1. The standard InChI is InChI=1S/C13H18ClN3O3/c1-8(17(2)3)7-15-13(20)16-11-6-9(12(18)19)4-5-10(11)14/h4-6,8H,7H2,1-3H3,(H,18,19)(H2,15,16,20). The molecule has 0 saturated carbocycles. The van der Waals surface area contributed by atoms with E-state index in [1.165, 1.54) is 18.2 Å². The smallest absolute Gasteiger partial charge is 0.335 e.